The highest BCUT2D eigenvalue weighted by molar-refractivity contribution is 14.1. The Hall–Kier alpha value is -0.370. The average molecular weight is 302 g/mol. The van der Waals surface area contributed by atoms with E-state index in [1.165, 1.54) is 0 Å². The molecule has 0 radical (unpaired) electrons. The summed E-state index contributed by atoms with van der Waals surface area (Å²) < 4.78 is 37.5. The van der Waals surface area contributed by atoms with Crippen molar-refractivity contribution in [1.29, 1.82) is 0 Å². The van der Waals surface area contributed by atoms with E-state index in [2.05, 4.69) is 4.98 Å². The fourth-order valence-corrected chi connectivity index (χ4v) is 1.58. The van der Waals surface area contributed by atoms with E-state index >= 15 is 0 Å². The van der Waals surface area contributed by atoms with Gasteiger partial charge in [-0.3, -0.25) is 0 Å². The average Bonchev–Trinajstić information content (AvgIpc) is 2.09. The van der Waals surface area contributed by atoms with Gasteiger partial charge in [-0.1, -0.05) is 0 Å². The van der Waals surface area contributed by atoms with Crippen molar-refractivity contribution in [2.45, 2.75) is 13.0 Å². The Balaban J connectivity index is 3.30. The van der Waals surface area contributed by atoms with Crippen LogP contribution < -0.4 is 5.73 Å². The maximum atomic E-state index is 12.8. The number of nitrogens with two attached hydrogens (primary N) is 1. The van der Waals surface area contributed by atoms with Crippen molar-refractivity contribution in [2.75, 3.05) is 0 Å². The van der Waals surface area contributed by atoms with Gasteiger partial charge in [-0.2, -0.15) is 4.39 Å². The highest BCUT2D eigenvalue weighted by Crippen LogP contribution is 2.26. The third-order valence-electron chi connectivity index (χ3n) is 1.55. The Labute approximate surface area is 86.5 Å². The van der Waals surface area contributed by atoms with Crippen LogP contribution in [0.3, 0.4) is 0 Å². The van der Waals surface area contributed by atoms with Crippen LogP contribution in [-0.2, 0) is 6.54 Å². The highest BCUT2D eigenvalue weighted by Gasteiger charge is 2.17. The first-order chi connectivity index (χ1) is 6.07. The molecule has 72 valence electrons. The summed E-state index contributed by atoms with van der Waals surface area (Å²) in [6.07, 6.45) is -1.84. The molecule has 1 aromatic heterocycles. The molecular weight excluding hydrogens is 296 g/mol. The third-order valence-corrected chi connectivity index (χ3v) is 2.65. The summed E-state index contributed by atoms with van der Waals surface area (Å²) in [6, 6.07) is 0. The van der Waals surface area contributed by atoms with Gasteiger partial charge >= 0.3 is 0 Å². The molecular formula is C7H6F3IN2. The molecule has 0 amide bonds. The first-order valence-corrected chi connectivity index (χ1v) is 4.46. The Morgan fingerprint density at radius 2 is 2.15 bits per heavy atom. The lowest BCUT2D eigenvalue weighted by atomic mass is 10.1. The van der Waals surface area contributed by atoms with Crippen molar-refractivity contribution >= 4 is 22.6 Å². The first-order valence-electron chi connectivity index (χ1n) is 3.39. The summed E-state index contributed by atoms with van der Waals surface area (Å²) in [6.45, 7) is -0.114. The van der Waals surface area contributed by atoms with Gasteiger partial charge < -0.3 is 5.73 Å². The Morgan fingerprint density at radius 1 is 1.54 bits per heavy atom. The van der Waals surface area contributed by atoms with Gasteiger partial charge in [0.2, 0.25) is 5.95 Å². The maximum absolute atomic E-state index is 12.8. The van der Waals surface area contributed by atoms with Gasteiger partial charge in [0.05, 0.1) is 3.57 Å². The summed E-state index contributed by atoms with van der Waals surface area (Å²) in [5, 5.41) is 0. The second-order valence-electron chi connectivity index (χ2n) is 2.30. The second kappa shape index (κ2) is 4.23. The first kappa shape index (κ1) is 10.7. The van der Waals surface area contributed by atoms with Gasteiger partial charge in [-0.05, 0) is 28.2 Å². The molecule has 2 nitrogen and oxygen atoms in total. The van der Waals surface area contributed by atoms with Crippen LogP contribution in [0.2, 0.25) is 0 Å². The minimum absolute atomic E-state index is 0.0675. The molecule has 0 atom stereocenters. The van der Waals surface area contributed by atoms with E-state index in [4.69, 9.17) is 5.73 Å². The molecule has 13 heavy (non-hydrogen) atoms. The Kier molecular flexibility index (Phi) is 3.48. The summed E-state index contributed by atoms with van der Waals surface area (Å²) in [5.74, 6) is -0.759. The van der Waals surface area contributed by atoms with Gasteiger partial charge in [0, 0.05) is 18.3 Å². The maximum Gasteiger partial charge on any atom is 0.265 e. The molecule has 1 rings (SSSR count). The molecule has 0 aliphatic heterocycles. The van der Waals surface area contributed by atoms with Crippen LogP contribution in [0.15, 0.2) is 6.20 Å². The van der Waals surface area contributed by atoms with Crippen LogP contribution in [0.4, 0.5) is 13.2 Å². The smallest absolute Gasteiger partial charge is 0.265 e. The molecule has 1 aromatic rings. The minimum Gasteiger partial charge on any atom is -0.326 e. The summed E-state index contributed by atoms with van der Waals surface area (Å²) >= 11 is 1.61. The lowest BCUT2D eigenvalue weighted by molar-refractivity contribution is 0.149. The summed E-state index contributed by atoms with van der Waals surface area (Å²) in [5.41, 5.74) is 5.06. The van der Waals surface area contributed by atoms with Crippen LogP contribution in [0.25, 0.3) is 0 Å². The fourth-order valence-electron chi connectivity index (χ4n) is 0.908. The van der Waals surface area contributed by atoms with Crippen LogP contribution in [0, 0.1) is 9.52 Å². The molecule has 0 bridgehead atoms. The van der Waals surface area contributed by atoms with E-state index in [0.717, 1.165) is 6.20 Å². The Morgan fingerprint density at radius 3 is 2.62 bits per heavy atom. The highest BCUT2D eigenvalue weighted by atomic mass is 127. The number of aromatic nitrogens is 1. The number of hydrogen-bond acceptors (Lipinski definition) is 2. The molecule has 2 N–H and O–H groups in total. The normalized spacial score (nSPS) is 10.9. The minimum atomic E-state index is -2.67. The monoisotopic (exact) mass is 302 g/mol. The van der Waals surface area contributed by atoms with Crippen LogP contribution >= 0.6 is 22.6 Å². The van der Waals surface area contributed by atoms with E-state index < -0.39 is 12.4 Å². The summed E-state index contributed by atoms with van der Waals surface area (Å²) in [7, 11) is 0. The molecule has 0 aliphatic rings. The number of halogens is 4. The van der Waals surface area contributed by atoms with Crippen molar-refractivity contribution in [3.05, 3.63) is 26.8 Å². The van der Waals surface area contributed by atoms with Crippen molar-refractivity contribution in [2.24, 2.45) is 5.73 Å². The van der Waals surface area contributed by atoms with Gasteiger partial charge in [0.25, 0.3) is 6.43 Å². The molecule has 0 fully saturated rings. The predicted octanol–water partition coefficient (Wildman–Crippen LogP) is 2.22. The Bertz CT molecular complexity index is 317. The van der Waals surface area contributed by atoms with Gasteiger partial charge in [-0.15, -0.1) is 0 Å². The van der Waals surface area contributed by atoms with Gasteiger partial charge in [0.1, 0.15) is 0 Å². The molecule has 0 unspecified atom stereocenters. The number of nitrogens with zero attached hydrogens (tertiary/aromatic N) is 1. The van der Waals surface area contributed by atoms with Crippen molar-refractivity contribution < 1.29 is 13.2 Å². The van der Waals surface area contributed by atoms with Crippen molar-refractivity contribution in [1.82, 2.24) is 4.98 Å². The molecule has 0 spiro atoms. The number of pyridine rings is 1. The van der Waals surface area contributed by atoms with Crippen molar-refractivity contribution in [3.8, 4) is 0 Å². The molecule has 1 heterocycles. The van der Waals surface area contributed by atoms with Crippen LogP contribution in [0.1, 0.15) is 17.6 Å². The number of rotatable bonds is 2. The van der Waals surface area contributed by atoms with Gasteiger partial charge in [0.15, 0.2) is 0 Å². The molecule has 0 aliphatic carbocycles. The lowest BCUT2D eigenvalue weighted by Gasteiger charge is -2.08. The SMILES string of the molecule is NCc1c(C(F)F)cnc(F)c1I. The largest absolute Gasteiger partial charge is 0.326 e. The molecule has 6 heteroatoms. The van der Waals surface area contributed by atoms with Crippen molar-refractivity contribution in [3.63, 3.8) is 0 Å². The number of hydrogen-bond donors (Lipinski definition) is 1. The van der Waals surface area contributed by atoms with Crippen LogP contribution in [0.5, 0.6) is 0 Å². The zero-order valence-electron chi connectivity index (χ0n) is 6.40. The summed E-state index contributed by atoms with van der Waals surface area (Å²) in [4.78, 5) is 3.20. The zero-order chi connectivity index (χ0) is 10.0. The van der Waals surface area contributed by atoms with E-state index in [1.54, 1.807) is 22.6 Å². The van der Waals surface area contributed by atoms with Gasteiger partial charge in [-0.25, -0.2) is 13.8 Å². The van der Waals surface area contributed by atoms with E-state index in [9.17, 15) is 13.2 Å². The molecule has 0 saturated carbocycles. The third kappa shape index (κ3) is 2.11. The van der Waals surface area contributed by atoms with Crippen LogP contribution in [-0.4, -0.2) is 4.98 Å². The fraction of sp³-hybridized carbons (Fsp3) is 0.286. The second-order valence-corrected chi connectivity index (χ2v) is 3.38. The van der Waals surface area contributed by atoms with E-state index in [1.807, 2.05) is 0 Å². The lowest BCUT2D eigenvalue weighted by Crippen LogP contribution is -2.07. The number of alkyl halides is 2. The molecule has 0 aromatic carbocycles. The topological polar surface area (TPSA) is 38.9 Å². The molecule has 0 saturated heterocycles. The van der Waals surface area contributed by atoms with E-state index in [-0.39, 0.29) is 21.2 Å². The standard InChI is InChI=1S/C7H6F3IN2/c8-6(9)4-2-13-7(10)5(11)3(4)1-12/h2,6H,1,12H2. The quantitative estimate of drug-likeness (QED) is 0.672. The predicted molar refractivity (Wildman–Crippen MR) is 49.8 cm³/mol. The zero-order valence-corrected chi connectivity index (χ0v) is 8.56. The van der Waals surface area contributed by atoms with E-state index in [0.29, 0.717) is 0 Å².